The monoisotopic (exact) mass is 429 g/mol. The highest BCUT2D eigenvalue weighted by Crippen LogP contribution is 2.15. The number of amides is 1. The van der Waals surface area contributed by atoms with Gasteiger partial charge in [-0.2, -0.15) is 0 Å². The number of rotatable bonds is 11. The minimum Gasteiger partial charge on any atom is -0.510 e. The van der Waals surface area contributed by atoms with Gasteiger partial charge >= 0.3 is 0 Å². The zero-order valence-electron chi connectivity index (χ0n) is 18.5. The molecule has 0 saturated heterocycles. The summed E-state index contributed by atoms with van der Waals surface area (Å²) in [6, 6.07) is 29.7. The second-order valence-corrected chi connectivity index (χ2v) is 7.96. The number of carbonyl (C=O) groups is 1. The SMILES string of the molecule is CC(COCc1ccccc1)C(=O)N/C(Cc1ccccc1)=C(\O)CCc1ccccc1. The maximum Gasteiger partial charge on any atom is 0.229 e. The van der Waals surface area contributed by atoms with Crippen LogP contribution in [-0.4, -0.2) is 17.6 Å². The number of aryl methyl sites for hydroxylation is 1. The van der Waals surface area contributed by atoms with E-state index < -0.39 is 0 Å². The van der Waals surface area contributed by atoms with Gasteiger partial charge in [-0.15, -0.1) is 0 Å². The van der Waals surface area contributed by atoms with Gasteiger partial charge in [-0.05, 0) is 23.1 Å². The van der Waals surface area contributed by atoms with E-state index in [-0.39, 0.29) is 17.6 Å². The van der Waals surface area contributed by atoms with Gasteiger partial charge in [0.2, 0.25) is 5.91 Å². The smallest absolute Gasteiger partial charge is 0.229 e. The molecule has 3 aromatic carbocycles. The first kappa shape index (κ1) is 23.3. The van der Waals surface area contributed by atoms with Crippen molar-refractivity contribution < 1.29 is 14.6 Å². The minimum atomic E-state index is -0.341. The molecule has 0 bridgehead atoms. The van der Waals surface area contributed by atoms with E-state index in [1.54, 1.807) is 0 Å². The fraction of sp³-hybridized carbons (Fsp3) is 0.250. The molecule has 166 valence electrons. The summed E-state index contributed by atoms with van der Waals surface area (Å²) in [4.78, 5) is 12.8. The predicted molar refractivity (Wildman–Crippen MR) is 128 cm³/mol. The quantitative estimate of drug-likeness (QED) is 0.390. The lowest BCUT2D eigenvalue weighted by atomic mass is 10.0. The number of aliphatic hydroxyl groups is 1. The van der Waals surface area contributed by atoms with Gasteiger partial charge < -0.3 is 15.2 Å². The number of carbonyl (C=O) groups excluding carboxylic acids is 1. The van der Waals surface area contributed by atoms with Gasteiger partial charge in [0.15, 0.2) is 0 Å². The predicted octanol–water partition coefficient (Wildman–Crippen LogP) is 5.60. The first-order valence-electron chi connectivity index (χ1n) is 11.0. The molecule has 4 nitrogen and oxygen atoms in total. The summed E-state index contributed by atoms with van der Waals surface area (Å²) >= 11 is 0. The lowest BCUT2D eigenvalue weighted by Gasteiger charge is -2.17. The standard InChI is InChI=1S/C28H31NO3/c1-22(20-32-21-25-15-9-4-10-16-25)28(31)29-26(19-24-13-7-3-8-14-24)27(30)18-17-23-11-5-2-6-12-23/h2-16,22,30H,17-21H2,1H3,(H,29,31)/b27-26-. The van der Waals surface area contributed by atoms with Crippen LogP contribution in [0.1, 0.15) is 30.0 Å². The molecule has 0 radical (unpaired) electrons. The number of hydrogen-bond acceptors (Lipinski definition) is 3. The van der Waals surface area contributed by atoms with Gasteiger partial charge in [0.25, 0.3) is 0 Å². The van der Waals surface area contributed by atoms with E-state index in [1.807, 2.05) is 97.9 Å². The van der Waals surface area contributed by atoms with Gasteiger partial charge in [0.1, 0.15) is 5.76 Å². The van der Waals surface area contributed by atoms with Gasteiger partial charge in [0, 0.05) is 12.8 Å². The zero-order valence-corrected chi connectivity index (χ0v) is 18.5. The Hall–Kier alpha value is -3.37. The number of aliphatic hydroxyl groups excluding tert-OH is 1. The molecule has 2 N–H and O–H groups in total. The Morgan fingerprint density at radius 3 is 1.97 bits per heavy atom. The fourth-order valence-electron chi connectivity index (χ4n) is 3.35. The van der Waals surface area contributed by atoms with Crippen LogP contribution in [0.4, 0.5) is 0 Å². The lowest BCUT2D eigenvalue weighted by molar-refractivity contribution is -0.125. The molecular formula is C28H31NO3. The van der Waals surface area contributed by atoms with Crippen molar-refractivity contribution >= 4 is 5.91 Å². The number of nitrogens with one attached hydrogen (secondary N) is 1. The Labute approximate surface area is 190 Å². The number of hydrogen-bond donors (Lipinski definition) is 2. The van der Waals surface area contributed by atoms with Crippen LogP contribution in [0, 0.1) is 5.92 Å². The van der Waals surface area contributed by atoms with Crippen LogP contribution in [-0.2, 0) is 29.0 Å². The highest BCUT2D eigenvalue weighted by atomic mass is 16.5. The van der Waals surface area contributed by atoms with Crippen LogP contribution in [0.15, 0.2) is 102 Å². The summed E-state index contributed by atoms with van der Waals surface area (Å²) in [5.41, 5.74) is 3.80. The largest absolute Gasteiger partial charge is 0.510 e. The summed E-state index contributed by atoms with van der Waals surface area (Å²) in [5, 5.41) is 13.8. The van der Waals surface area contributed by atoms with E-state index in [0.717, 1.165) is 16.7 Å². The van der Waals surface area contributed by atoms with Crippen LogP contribution < -0.4 is 5.32 Å². The van der Waals surface area contributed by atoms with Crippen LogP contribution in [0.3, 0.4) is 0 Å². The molecule has 0 saturated carbocycles. The normalized spacial score (nSPS) is 12.7. The molecule has 0 fully saturated rings. The van der Waals surface area contributed by atoms with E-state index in [9.17, 15) is 9.90 Å². The average molecular weight is 430 g/mol. The first-order chi connectivity index (χ1) is 15.6. The fourth-order valence-corrected chi connectivity index (χ4v) is 3.35. The van der Waals surface area contributed by atoms with Crippen LogP contribution in [0.5, 0.6) is 0 Å². The summed E-state index contributed by atoms with van der Waals surface area (Å²) in [6.07, 6.45) is 1.63. The maximum atomic E-state index is 12.8. The summed E-state index contributed by atoms with van der Waals surface area (Å²) in [7, 11) is 0. The summed E-state index contributed by atoms with van der Waals surface area (Å²) < 4.78 is 5.73. The lowest BCUT2D eigenvalue weighted by Crippen LogP contribution is -2.32. The van der Waals surface area contributed by atoms with E-state index in [1.165, 1.54) is 0 Å². The molecule has 3 rings (SSSR count). The number of allylic oxidation sites excluding steroid dienone is 2. The highest BCUT2D eigenvalue weighted by Gasteiger charge is 2.17. The first-order valence-corrected chi connectivity index (χ1v) is 11.0. The van der Waals surface area contributed by atoms with Crippen molar-refractivity contribution in [1.29, 1.82) is 0 Å². The molecule has 32 heavy (non-hydrogen) atoms. The van der Waals surface area contributed by atoms with E-state index in [4.69, 9.17) is 4.74 Å². The van der Waals surface area contributed by atoms with Crippen LogP contribution in [0.2, 0.25) is 0 Å². The van der Waals surface area contributed by atoms with E-state index in [2.05, 4.69) is 5.32 Å². The Bertz CT molecular complexity index is 985. The minimum absolute atomic E-state index is 0.157. The third-order valence-corrected chi connectivity index (χ3v) is 5.27. The molecule has 1 amide bonds. The van der Waals surface area contributed by atoms with Crippen molar-refractivity contribution in [3.63, 3.8) is 0 Å². The maximum absolute atomic E-state index is 12.8. The highest BCUT2D eigenvalue weighted by molar-refractivity contribution is 5.80. The Balaban J connectivity index is 1.61. The van der Waals surface area contributed by atoms with Crippen molar-refractivity contribution in [2.75, 3.05) is 6.61 Å². The zero-order chi connectivity index (χ0) is 22.6. The molecule has 1 unspecified atom stereocenters. The third kappa shape index (κ3) is 7.71. The van der Waals surface area contributed by atoms with Gasteiger partial charge in [-0.1, -0.05) is 97.9 Å². The molecule has 0 aliphatic carbocycles. The number of ether oxygens (including phenoxy) is 1. The average Bonchev–Trinajstić information content (AvgIpc) is 2.84. The van der Waals surface area contributed by atoms with Crippen molar-refractivity contribution in [1.82, 2.24) is 5.32 Å². The van der Waals surface area contributed by atoms with Crippen LogP contribution in [0.25, 0.3) is 0 Å². The van der Waals surface area contributed by atoms with Gasteiger partial charge in [-0.3, -0.25) is 4.79 Å². The molecule has 0 aliphatic heterocycles. The topological polar surface area (TPSA) is 58.6 Å². The van der Waals surface area contributed by atoms with E-state index in [0.29, 0.717) is 38.2 Å². The summed E-state index contributed by atoms with van der Waals surface area (Å²) in [6.45, 7) is 2.61. The van der Waals surface area contributed by atoms with Crippen LogP contribution >= 0.6 is 0 Å². The Morgan fingerprint density at radius 2 is 1.38 bits per heavy atom. The molecule has 4 heteroatoms. The molecule has 3 aromatic rings. The molecule has 0 aliphatic rings. The molecular weight excluding hydrogens is 398 g/mol. The molecule has 0 spiro atoms. The van der Waals surface area contributed by atoms with Gasteiger partial charge in [0.05, 0.1) is 24.8 Å². The second-order valence-electron chi connectivity index (χ2n) is 7.96. The van der Waals surface area contributed by atoms with Crippen molar-refractivity contribution in [2.45, 2.75) is 32.8 Å². The van der Waals surface area contributed by atoms with Crippen molar-refractivity contribution in [3.8, 4) is 0 Å². The Morgan fingerprint density at radius 1 is 0.844 bits per heavy atom. The summed E-state index contributed by atoms with van der Waals surface area (Å²) in [5.74, 6) is -0.287. The molecule has 0 heterocycles. The number of benzene rings is 3. The Kier molecular flexibility index (Phi) is 9.08. The van der Waals surface area contributed by atoms with E-state index >= 15 is 0 Å². The van der Waals surface area contributed by atoms with Crippen molar-refractivity contribution in [3.05, 3.63) is 119 Å². The van der Waals surface area contributed by atoms with Crippen molar-refractivity contribution in [2.24, 2.45) is 5.92 Å². The third-order valence-electron chi connectivity index (χ3n) is 5.27. The molecule has 0 aromatic heterocycles. The second kappa shape index (κ2) is 12.5. The van der Waals surface area contributed by atoms with Gasteiger partial charge in [-0.25, -0.2) is 0 Å². The molecule has 1 atom stereocenters.